The highest BCUT2D eigenvalue weighted by molar-refractivity contribution is 5.85. The van der Waals surface area contributed by atoms with Gasteiger partial charge in [0.05, 0.1) is 18.3 Å². The number of nitrogens with zero attached hydrogens (tertiary/aromatic N) is 2. The highest BCUT2D eigenvalue weighted by atomic mass is 35.5. The van der Waals surface area contributed by atoms with Crippen LogP contribution in [-0.2, 0) is 22.6 Å². The predicted octanol–water partition coefficient (Wildman–Crippen LogP) is 2.09. The van der Waals surface area contributed by atoms with Crippen LogP contribution in [0.2, 0.25) is 0 Å². The third kappa shape index (κ3) is 4.63. The van der Waals surface area contributed by atoms with Crippen molar-refractivity contribution in [3.8, 4) is 0 Å². The van der Waals surface area contributed by atoms with Gasteiger partial charge in [0, 0.05) is 24.3 Å². The average molecular weight is 379 g/mol. The molecular formula is C19H27ClN4O2. The Morgan fingerprint density at radius 1 is 1.31 bits per heavy atom. The quantitative estimate of drug-likeness (QED) is 0.806. The number of carbonyl (C=O) groups is 1. The molecule has 3 rings (SSSR count). The second-order valence-electron chi connectivity index (χ2n) is 6.57. The molecule has 1 fully saturated rings. The van der Waals surface area contributed by atoms with Crippen molar-refractivity contribution in [2.75, 3.05) is 6.54 Å². The Morgan fingerprint density at radius 3 is 2.69 bits per heavy atom. The molecule has 6 nitrogen and oxygen atoms in total. The number of halogens is 1. The lowest BCUT2D eigenvalue weighted by Crippen LogP contribution is -2.35. The molecule has 0 bridgehead atoms. The lowest BCUT2D eigenvalue weighted by molar-refractivity contribution is -0.132. The van der Waals surface area contributed by atoms with Crippen molar-refractivity contribution in [3.05, 3.63) is 52.8 Å². The molecule has 2 atom stereocenters. The molecule has 0 saturated carbocycles. The molecular weight excluding hydrogens is 352 g/mol. The number of carbonyl (C=O) groups excluding carboxylic acids is 1. The maximum atomic E-state index is 12.3. The van der Waals surface area contributed by atoms with E-state index < -0.39 is 0 Å². The van der Waals surface area contributed by atoms with E-state index in [4.69, 9.17) is 10.5 Å². The Labute approximate surface area is 160 Å². The van der Waals surface area contributed by atoms with E-state index in [-0.39, 0.29) is 30.5 Å². The summed E-state index contributed by atoms with van der Waals surface area (Å²) >= 11 is 0. The van der Waals surface area contributed by atoms with Crippen molar-refractivity contribution in [1.29, 1.82) is 0 Å². The average Bonchev–Trinajstić information content (AvgIpc) is 3.20. The van der Waals surface area contributed by atoms with Gasteiger partial charge in [-0.2, -0.15) is 5.10 Å². The lowest BCUT2D eigenvalue weighted by atomic mass is 10.1. The summed E-state index contributed by atoms with van der Waals surface area (Å²) in [5, 5.41) is 7.61. The number of rotatable bonds is 6. The van der Waals surface area contributed by atoms with Crippen molar-refractivity contribution < 1.29 is 9.53 Å². The van der Waals surface area contributed by atoms with E-state index in [1.807, 2.05) is 36.7 Å². The minimum absolute atomic E-state index is 0. The van der Waals surface area contributed by atoms with Gasteiger partial charge in [-0.3, -0.25) is 9.48 Å². The molecule has 3 N–H and O–H groups in total. The second kappa shape index (κ2) is 9.16. The molecule has 0 aliphatic carbocycles. The fraction of sp³-hybridized carbons (Fsp3) is 0.474. The first-order valence-electron chi connectivity index (χ1n) is 8.78. The van der Waals surface area contributed by atoms with Gasteiger partial charge in [-0.05, 0) is 32.3 Å². The molecule has 0 radical (unpaired) electrons. The Bertz CT molecular complexity index is 733. The van der Waals surface area contributed by atoms with Crippen LogP contribution in [-0.4, -0.2) is 34.4 Å². The van der Waals surface area contributed by atoms with Crippen LogP contribution in [0.25, 0.3) is 0 Å². The third-order valence-electron chi connectivity index (χ3n) is 4.81. The van der Waals surface area contributed by atoms with Crippen LogP contribution in [0.15, 0.2) is 30.3 Å². The Morgan fingerprint density at radius 2 is 2.04 bits per heavy atom. The largest absolute Gasteiger partial charge is 0.364 e. The Kier molecular flexibility index (Phi) is 7.20. The number of hydrogen-bond acceptors (Lipinski definition) is 4. The molecule has 1 amide bonds. The molecule has 1 aliphatic rings. The first-order chi connectivity index (χ1) is 12.1. The number of aryl methyl sites for hydroxylation is 1. The summed E-state index contributed by atoms with van der Waals surface area (Å²) in [5.41, 5.74) is 9.89. The normalized spacial score (nSPS) is 19.2. The molecule has 0 unspecified atom stereocenters. The molecule has 0 spiro atoms. The van der Waals surface area contributed by atoms with Gasteiger partial charge >= 0.3 is 0 Å². The Hall–Kier alpha value is -1.89. The van der Waals surface area contributed by atoms with Gasteiger partial charge in [0.2, 0.25) is 5.91 Å². The molecule has 1 saturated heterocycles. The second-order valence-corrected chi connectivity index (χ2v) is 6.57. The predicted molar refractivity (Wildman–Crippen MR) is 103 cm³/mol. The van der Waals surface area contributed by atoms with E-state index in [1.165, 1.54) is 5.56 Å². The zero-order valence-electron chi connectivity index (χ0n) is 15.3. The number of benzene rings is 1. The first-order valence-corrected chi connectivity index (χ1v) is 8.78. The maximum Gasteiger partial charge on any atom is 0.249 e. The van der Waals surface area contributed by atoms with Gasteiger partial charge in [-0.25, -0.2) is 0 Å². The number of nitrogens with two attached hydrogens (primary N) is 1. The van der Waals surface area contributed by atoms with Gasteiger partial charge in [0.1, 0.15) is 6.10 Å². The van der Waals surface area contributed by atoms with Crippen molar-refractivity contribution in [2.45, 2.75) is 52.0 Å². The molecule has 142 valence electrons. The number of nitrogens with one attached hydrogen (secondary N) is 1. The molecule has 7 heteroatoms. The van der Waals surface area contributed by atoms with Crippen LogP contribution in [0, 0.1) is 13.8 Å². The van der Waals surface area contributed by atoms with E-state index in [0.29, 0.717) is 13.1 Å². The minimum atomic E-state index is -0.381. The zero-order valence-corrected chi connectivity index (χ0v) is 16.1. The van der Waals surface area contributed by atoms with E-state index in [0.717, 1.165) is 36.3 Å². The van der Waals surface area contributed by atoms with Crippen LogP contribution < -0.4 is 11.1 Å². The summed E-state index contributed by atoms with van der Waals surface area (Å²) < 4.78 is 7.64. The van der Waals surface area contributed by atoms with E-state index in [1.54, 1.807) is 0 Å². The SMILES string of the molecule is Cc1nn(Cc2ccccc2)c(C)c1CNC(=O)[C@@H]1CC[C@H](CN)O1.Cl. The summed E-state index contributed by atoms with van der Waals surface area (Å²) in [6.07, 6.45) is 1.21. The van der Waals surface area contributed by atoms with Crippen molar-refractivity contribution in [1.82, 2.24) is 15.1 Å². The van der Waals surface area contributed by atoms with Gasteiger partial charge in [0.15, 0.2) is 0 Å². The fourth-order valence-corrected chi connectivity index (χ4v) is 3.26. The molecule has 1 aliphatic heterocycles. The summed E-state index contributed by atoms with van der Waals surface area (Å²) in [5.74, 6) is -0.0643. The molecule has 1 aromatic heterocycles. The van der Waals surface area contributed by atoms with Crippen molar-refractivity contribution in [3.63, 3.8) is 0 Å². The number of hydrogen-bond donors (Lipinski definition) is 2. The van der Waals surface area contributed by atoms with Crippen LogP contribution in [0.1, 0.15) is 35.4 Å². The minimum Gasteiger partial charge on any atom is -0.364 e. The van der Waals surface area contributed by atoms with Crippen LogP contribution in [0.3, 0.4) is 0 Å². The van der Waals surface area contributed by atoms with Crippen molar-refractivity contribution >= 4 is 18.3 Å². The van der Waals surface area contributed by atoms with Gasteiger partial charge in [-0.1, -0.05) is 30.3 Å². The van der Waals surface area contributed by atoms with Gasteiger partial charge in [0.25, 0.3) is 0 Å². The number of amides is 1. The van der Waals surface area contributed by atoms with Gasteiger partial charge < -0.3 is 15.8 Å². The van der Waals surface area contributed by atoms with E-state index in [9.17, 15) is 4.79 Å². The Balaban J connectivity index is 0.00000243. The summed E-state index contributed by atoms with van der Waals surface area (Å²) in [6, 6.07) is 10.2. The van der Waals surface area contributed by atoms with E-state index in [2.05, 4.69) is 22.5 Å². The molecule has 1 aromatic carbocycles. The third-order valence-corrected chi connectivity index (χ3v) is 4.81. The summed E-state index contributed by atoms with van der Waals surface area (Å²) in [7, 11) is 0. The highest BCUT2D eigenvalue weighted by Gasteiger charge is 2.29. The highest BCUT2D eigenvalue weighted by Crippen LogP contribution is 2.20. The topological polar surface area (TPSA) is 82.2 Å². The monoisotopic (exact) mass is 378 g/mol. The summed E-state index contributed by atoms with van der Waals surface area (Å²) in [4.78, 5) is 12.3. The maximum absolute atomic E-state index is 12.3. The van der Waals surface area contributed by atoms with Crippen molar-refractivity contribution in [2.24, 2.45) is 5.73 Å². The standard InChI is InChI=1S/C19H26N4O2.ClH/c1-13-17(11-21-19(24)18-9-8-16(10-20)25-18)14(2)23(22-13)12-15-6-4-3-5-7-15;/h3-7,16,18H,8-12,20H2,1-2H3,(H,21,24);1H/t16-,18+;/m1./s1. The van der Waals surface area contributed by atoms with Crippen LogP contribution >= 0.6 is 12.4 Å². The fourth-order valence-electron chi connectivity index (χ4n) is 3.26. The smallest absolute Gasteiger partial charge is 0.249 e. The van der Waals surface area contributed by atoms with Gasteiger partial charge in [-0.15, -0.1) is 12.4 Å². The summed E-state index contributed by atoms with van der Waals surface area (Å²) in [6.45, 7) is 5.69. The van der Waals surface area contributed by atoms with Crippen LogP contribution in [0.5, 0.6) is 0 Å². The molecule has 26 heavy (non-hydrogen) atoms. The number of aromatic nitrogens is 2. The first kappa shape index (κ1) is 20.4. The molecule has 2 heterocycles. The lowest BCUT2D eigenvalue weighted by Gasteiger charge is -2.13. The molecule has 2 aromatic rings. The number of ether oxygens (including phenoxy) is 1. The van der Waals surface area contributed by atoms with E-state index >= 15 is 0 Å². The van der Waals surface area contributed by atoms with Crippen LogP contribution in [0.4, 0.5) is 0 Å². The zero-order chi connectivity index (χ0) is 17.8.